The van der Waals surface area contributed by atoms with Crippen molar-refractivity contribution < 1.29 is 13.6 Å². The van der Waals surface area contributed by atoms with Gasteiger partial charge in [-0.3, -0.25) is 4.79 Å². The van der Waals surface area contributed by atoms with E-state index in [2.05, 4.69) is 0 Å². The molecule has 1 saturated heterocycles. The van der Waals surface area contributed by atoms with Crippen LogP contribution in [0.1, 0.15) is 44.7 Å². The molecule has 0 spiro atoms. The fraction of sp³-hybridized carbons (Fsp3) is 0.533. The van der Waals surface area contributed by atoms with Gasteiger partial charge in [-0.05, 0) is 44.9 Å². The number of nitrogens with two attached hydrogens (primary N) is 1. The highest BCUT2D eigenvalue weighted by atomic mass is 19.1. The van der Waals surface area contributed by atoms with Crippen LogP contribution in [0, 0.1) is 11.6 Å². The quantitative estimate of drug-likeness (QED) is 0.906. The zero-order valence-electron chi connectivity index (χ0n) is 11.8. The normalized spacial score (nSPS) is 24.1. The third-order valence-corrected chi connectivity index (χ3v) is 3.75. The summed E-state index contributed by atoms with van der Waals surface area (Å²) in [5.41, 5.74) is 6.31. The lowest BCUT2D eigenvalue weighted by molar-refractivity contribution is -0.135. The van der Waals surface area contributed by atoms with Crippen LogP contribution >= 0.6 is 0 Å². The molecule has 2 unspecified atom stereocenters. The van der Waals surface area contributed by atoms with Crippen LogP contribution in [0.3, 0.4) is 0 Å². The smallest absolute Gasteiger partial charge is 0.223 e. The van der Waals surface area contributed by atoms with Gasteiger partial charge in [0.15, 0.2) is 0 Å². The summed E-state index contributed by atoms with van der Waals surface area (Å²) in [6, 6.07) is 2.20. The molecule has 20 heavy (non-hydrogen) atoms. The second-order valence-electron chi connectivity index (χ2n) is 5.56. The third-order valence-electron chi connectivity index (χ3n) is 3.75. The first-order valence-electron chi connectivity index (χ1n) is 6.93. The number of carbonyl (C=O) groups is 1. The number of hydrogen-bond donors (Lipinski definition) is 1. The van der Waals surface area contributed by atoms with Crippen LogP contribution in [0.15, 0.2) is 18.2 Å². The van der Waals surface area contributed by atoms with Crippen LogP contribution in [0.4, 0.5) is 8.78 Å². The van der Waals surface area contributed by atoms with Gasteiger partial charge in [-0.1, -0.05) is 0 Å². The number of rotatable bonds is 2. The summed E-state index contributed by atoms with van der Waals surface area (Å²) >= 11 is 0. The average molecular weight is 282 g/mol. The SMILES string of the molecule is CC(C)N1C(=O)CCCC(N)C1c1cc(F)ccc1F. The van der Waals surface area contributed by atoms with Crippen LogP contribution in [-0.2, 0) is 4.79 Å². The molecule has 0 bridgehead atoms. The van der Waals surface area contributed by atoms with Gasteiger partial charge in [0.05, 0.1) is 6.04 Å². The molecule has 3 nitrogen and oxygen atoms in total. The van der Waals surface area contributed by atoms with Gasteiger partial charge in [0.25, 0.3) is 0 Å². The molecule has 5 heteroatoms. The van der Waals surface area contributed by atoms with E-state index in [9.17, 15) is 13.6 Å². The predicted molar refractivity (Wildman–Crippen MR) is 72.9 cm³/mol. The average Bonchev–Trinajstić information content (AvgIpc) is 2.51. The minimum Gasteiger partial charge on any atom is -0.332 e. The maximum atomic E-state index is 14.1. The van der Waals surface area contributed by atoms with E-state index in [0.29, 0.717) is 19.3 Å². The summed E-state index contributed by atoms with van der Waals surface area (Å²) in [6.45, 7) is 3.72. The second kappa shape index (κ2) is 5.87. The van der Waals surface area contributed by atoms with Gasteiger partial charge in [0.2, 0.25) is 5.91 Å². The molecule has 2 rings (SSSR count). The molecule has 2 atom stereocenters. The van der Waals surface area contributed by atoms with Crippen molar-refractivity contribution >= 4 is 5.91 Å². The number of halogens is 2. The minimum absolute atomic E-state index is 0.0541. The Morgan fingerprint density at radius 1 is 1.35 bits per heavy atom. The molecule has 1 aromatic carbocycles. The molecule has 1 heterocycles. The Bertz CT molecular complexity index is 505. The van der Waals surface area contributed by atoms with Crippen molar-refractivity contribution in [1.82, 2.24) is 4.90 Å². The first kappa shape index (κ1) is 14.9. The number of hydrogen-bond acceptors (Lipinski definition) is 2. The first-order valence-corrected chi connectivity index (χ1v) is 6.93. The number of benzene rings is 1. The Morgan fingerprint density at radius 3 is 2.70 bits per heavy atom. The lowest BCUT2D eigenvalue weighted by Crippen LogP contribution is -2.46. The highest BCUT2D eigenvalue weighted by molar-refractivity contribution is 5.77. The zero-order valence-corrected chi connectivity index (χ0v) is 11.8. The molecule has 1 aliphatic rings. The van der Waals surface area contributed by atoms with E-state index in [1.54, 1.807) is 4.90 Å². The van der Waals surface area contributed by atoms with Gasteiger partial charge in [0.1, 0.15) is 11.6 Å². The monoisotopic (exact) mass is 282 g/mol. The Hall–Kier alpha value is -1.49. The standard InChI is InChI=1S/C15H20F2N2O/c1-9(2)19-14(20)5-3-4-13(18)15(19)11-8-10(16)6-7-12(11)17/h6-9,13,15H,3-5,18H2,1-2H3. The van der Waals surface area contributed by atoms with Crippen molar-refractivity contribution in [3.05, 3.63) is 35.4 Å². The fourth-order valence-electron chi connectivity index (χ4n) is 2.87. The van der Waals surface area contributed by atoms with Crippen LogP contribution in [0.2, 0.25) is 0 Å². The lowest BCUT2D eigenvalue weighted by Gasteiger charge is -2.37. The predicted octanol–water partition coefficient (Wildman–Crippen LogP) is 2.75. The molecule has 1 aliphatic heterocycles. The van der Waals surface area contributed by atoms with E-state index in [1.165, 1.54) is 0 Å². The molecule has 0 aromatic heterocycles. The maximum Gasteiger partial charge on any atom is 0.223 e. The van der Waals surface area contributed by atoms with E-state index in [1.807, 2.05) is 13.8 Å². The zero-order chi connectivity index (χ0) is 14.9. The van der Waals surface area contributed by atoms with E-state index in [-0.39, 0.29) is 23.6 Å². The first-order chi connectivity index (χ1) is 9.41. The Balaban J connectivity index is 2.51. The maximum absolute atomic E-state index is 14.1. The summed E-state index contributed by atoms with van der Waals surface area (Å²) in [5.74, 6) is -1.09. The van der Waals surface area contributed by atoms with Crippen molar-refractivity contribution in [2.45, 2.75) is 51.2 Å². The van der Waals surface area contributed by atoms with Gasteiger partial charge in [-0.15, -0.1) is 0 Å². The van der Waals surface area contributed by atoms with Crippen LogP contribution < -0.4 is 5.73 Å². The van der Waals surface area contributed by atoms with E-state index in [4.69, 9.17) is 5.73 Å². The number of likely N-dealkylation sites (tertiary alicyclic amines) is 1. The molecule has 110 valence electrons. The third kappa shape index (κ3) is 2.82. The molecular weight excluding hydrogens is 262 g/mol. The van der Waals surface area contributed by atoms with Gasteiger partial charge >= 0.3 is 0 Å². The van der Waals surface area contributed by atoms with Crippen molar-refractivity contribution in [3.63, 3.8) is 0 Å². The minimum atomic E-state index is -0.610. The van der Waals surface area contributed by atoms with Crippen LogP contribution in [0.25, 0.3) is 0 Å². The summed E-state index contributed by atoms with van der Waals surface area (Å²) in [6.07, 6.45) is 1.70. The van der Waals surface area contributed by atoms with Gasteiger partial charge in [-0.25, -0.2) is 8.78 Å². The molecule has 0 radical (unpaired) electrons. The molecule has 2 N–H and O–H groups in total. The number of amides is 1. The van der Waals surface area contributed by atoms with Crippen molar-refractivity contribution in [2.24, 2.45) is 5.73 Å². The van der Waals surface area contributed by atoms with Gasteiger partial charge in [-0.2, -0.15) is 0 Å². The molecule has 1 fully saturated rings. The fourth-order valence-corrected chi connectivity index (χ4v) is 2.87. The van der Waals surface area contributed by atoms with E-state index in [0.717, 1.165) is 18.2 Å². The van der Waals surface area contributed by atoms with E-state index < -0.39 is 17.7 Å². The topological polar surface area (TPSA) is 46.3 Å². The molecule has 0 saturated carbocycles. The Kier molecular flexibility index (Phi) is 4.38. The number of carbonyl (C=O) groups excluding carboxylic acids is 1. The van der Waals surface area contributed by atoms with Crippen molar-refractivity contribution in [1.29, 1.82) is 0 Å². The molecule has 1 aromatic rings. The molecule has 0 aliphatic carbocycles. The summed E-state index contributed by atoms with van der Waals surface area (Å²) < 4.78 is 27.5. The van der Waals surface area contributed by atoms with E-state index >= 15 is 0 Å². The van der Waals surface area contributed by atoms with Gasteiger partial charge in [0, 0.05) is 24.1 Å². The lowest BCUT2D eigenvalue weighted by atomic mass is 9.95. The van der Waals surface area contributed by atoms with Crippen molar-refractivity contribution in [3.8, 4) is 0 Å². The van der Waals surface area contributed by atoms with Crippen molar-refractivity contribution in [2.75, 3.05) is 0 Å². The highest BCUT2D eigenvalue weighted by Gasteiger charge is 2.35. The summed E-state index contributed by atoms with van der Waals surface area (Å²) in [5, 5.41) is 0. The van der Waals surface area contributed by atoms with Crippen LogP contribution in [-0.4, -0.2) is 22.9 Å². The second-order valence-corrected chi connectivity index (χ2v) is 5.56. The Morgan fingerprint density at radius 2 is 2.05 bits per heavy atom. The summed E-state index contributed by atoms with van der Waals surface area (Å²) in [4.78, 5) is 13.8. The van der Waals surface area contributed by atoms with Gasteiger partial charge < -0.3 is 10.6 Å². The highest BCUT2D eigenvalue weighted by Crippen LogP contribution is 2.33. The molecular formula is C15H20F2N2O. The number of nitrogens with zero attached hydrogens (tertiary/aromatic N) is 1. The Labute approximate surface area is 117 Å². The molecule has 1 amide bonds. The largest absolute Gasteiger partial charge is 0.332 e. The van der Waals surface area contributed by atoms with Crippen LogP contribution in [0.5, 0.6) is 0 Å². The summed E-state index contributed by atoms with van der Waals surface area (Å²) in [7, 11) is 0.